The summed E-state index contributed by atoms with van der Waals surface area (Å²) in [5.41, 5.74) is -3.48. The Hall–Kier alpha value is -2.47. The molecule has 9 heteroatoms. The first-order valence-electron chi connectivity index (χ1n) is 15.1. The maximum Gasteiger partial charge on any atom is 0.405 e. The molecule has 0 radical (unpaired) electrons. The second-order valence-corrected chi connectivity index (χ2v) is 15.6. The molecular weight excluding hydrogens is 545 g/mol. The highest BCUT2D eigenvalue weighted by Crippen LogP contribution is 2.74. The Morgan fingerprint density at radius 3 is 2.31 bits per heavy atom. The molecule has 0 aromatic rings. The van der Waals surface area contributed by atoms with Crippen LogP contribution in [-0.4, -0.2) is 41.9 Å². The average molecular weight is 589 g/mol. The van der Waals surface area contributed by atoms with Crippen LogP contribution in [0.15, 0.2) is 23.3 Å². The van der Waals surface area contributed by atoms with E-state index in [-0.39, 0.29) is 28.5 Å². The first kappa shape index (κ1) is 31.0. The summed E-state index contributed by atoms with van der Waals surface area (Å²) in [6.45, 7) is 10.3. The normalized spacial score (nSPS) is 44.4. The van der Waals surface area contributed by atoms with Crippen LogP contribution in [0.1, 0.15) is 86.5 Å². The van der Waals surface area contributed by atoms with E-state index in [2.05, 4.69) is 33.0 Å². The zero-order valence-corrected chi connectivity index (χ0v) is 25.5. The fraction of sp³-hybridized carbons (Fsp3) is 0.758. The first-order valence-corrected chi connectivity index (χ1v) is 15.1. The molecule has 8 atom stereocenters. The highest BCUT2D eigenvalue weighted by Gasteiger charge is 2.71. The Balaban J connectivity index is 1.65. The number of nitrogens with one attached hydrogen (secondary N) is 1. The van der Waals surface area contributed by atoms with Gasteiger partial charge in [0, 0.05) is 11.3 Å². The number of hydrogen-bond acceptors (Lipinski definition) is 5. The Morgan fingerprint density at radius 2 is 1.71 bits per heavy atom. The van der Waals surface area contributed by atoms with E-state index in [1.807, 2.05) is 13.0 Å². The van der Waals surface area contributed by atoms with E-state index >= 15 is 0 Å². The Labute approximate surface area is 246 Å². The maximum atomic E-state index is 14.5. The van der Waals surface area contributed by atoms with Crippen molar-refractivity contribution in [2.45, 2.75) is 92.7 Å². The number of halogens is 3. The van der Waals surface area contributed by atoms with Crippen LogP contribution < -0.4 is 5.32 Å². The Kier molecular flexibility index (Phi) is 6.83. The molecule has 2 unspecified atom stereocenters. The zero-order valence-electron chi connectivity index (χ0n) is 25.5. The molecule has 2 N–H and O–H groups in total. The fourth-order valence-electron chi connectivity index (χ4n) is 10.4. The maximum absolute atomic E-state index is 14.5. The highest BCUT2D eigenvalue weighted by molar-refractivity contribution is 6.05. The quantitative estimate of drug-likeness (QED) is 0.430. The van der Waals surface area contributed by atoms with Gasteiger partial charge in [-0.3, -0.25) is 14.4 Å². The minimum absolute atomic E-state index is 0.00629. The van der Waals surface area contributed by atoms with Crippen LogP contribution in [0.3, 0.4) is 0 Å². The van der Waals surface area contributed by atoms with Crippen molar-refractivity contribution in [3.63, 3.8) is 0 Å². The summed E-state index contributed by atoms with van der Waals surface area (Å²) in [6.07, 6.45) is 2.70. The number of aliphatic hydroxyl groups is 1. The van der Waals surface area contributed by atoms with Gasteiger partial charge in [-0.15, -0.1) is 0 Å². The monoisotopic (exact) mass is 588 g/mol. The molecular formula is C33H43F3N2O4. The molecule has 5 aliphatic carbocycles. The van der Waals surface area contributed by atoms with Crippen molar-refractivity contribution in [2.75, 3.05) is 13.2 Å². The lowest BCUT2D eigenvalue weighted by atomic mass is 9.34. The predicted molar refractivity (Wildman–Crippen MR) is 149 cm³/mol. The van der Waals surface area contributed by atoms with Gasteiger partial charge in [-0.25, -0.2) is 0 Å². The molecule has 0 aromatic heterocycles. The minimum atomic E-state index is -4.53. The molecule has 5 aliphatic rings. The number of amides is 1. The van der Waals surface area contributed by atoms with E-state index < -0.39 is 64.1 Å². The lowest BCUT2D eigenvalue weighted by Crippen LogP contribution is -2.67. The van der Waals surface area contributed by atoms with E-state index in [1.54, 1.807) is 19.1 Å². The van der Waals surface area contributed by atoms with Crippen molar-refractivity contribution in [3.8, 4) is 6.07 Å². The molecule has 1 amide bonds. The number of carbonyl (C=O) groups excluding carboxylic acids is 3. The van der Waals surface area contributed by atoms with Gasteiger partial charge < -0.3 is 10.4 Å². The van der Waals surface area contributed by atoms with Crippen molar-refractivity contribution in [1.82, 2.24) is 5.32 Å². The van der Waals surface area contributed by atoms with Gasteiger partial charge in [0.1, 0.15) is 12.6 Å². The minimum Gasteiger partial charge on any atom is -0.395 e. The third-order valence-electron chi connectivity index (χ3n) is 12.9. The SMILES string of the molecule is CC1(C)CC[C@]2(C(=O)NCC(F)(F)F)CC[C@]3(C)C(C(=O)C=C4[C@@]5(C)C=C(C#N)C(=O)[C@@](C)(CO)[C@@H]5CC[C@]43C)C2C1. The molecule has 5 rings (SSSR count). The number of rotatable bonds is 3. The Bertz CT molecular complexity index is 1340. The number of nitriles is 1. The second kappa shape index (κ2) is 9.27. The average Bonchev–Trinajstić information content (AvgIpc) is 2.90. The summed E-state index contributed by atoms with van der Waals surface area (Å²) in [5, 5.41) is 22.5. The van der Waals surface area contributed by atoms with Crippen LogP contribution in [0, 0.1) is 61.6 Å². The van der Waals surface area contributed by atoms with Crippen LogP contribution in [0.5, 0.6) is 0 Å². The van der Waals surface area contributed by atoms with E-state index in [4.69, 9.17) is 0 Å². The largest absolute Gasteiger partial charge is 0.405 e. The van der Waals surface area contributed by atoms with Crippen LogP contribution in [0.2, 0.25) is 0 Å². The van der Waals surface area contributed by atoms with Gasteiger partial charge in [-0.05, 0) is 86.0 Å². The van der Waals surface area contributed by atoms with E-state index in [0.717, 1.165) is 5.57 Å². The predicted octanol–water partition coefficient (Wildman–Crippen LogP) is 5.86. The number of alkyl halides is 3. The van der Waals surface area contributed by atoms with Gasteiger partial charge >= 0.3 is 6.18 Å². The van der Waals surface area contributed by atoms with Gasteiger partial charge in [-0.2, -0.15) is 18.4 Å². The molecule has 6 nitrogen and oxygen atoms in total. The number of fused-ring (bicyclic) bond motifs is 7. The molecule has 42 heavy (non-hydrogen) atoms. The molecule has 3 saturated carbocycles. The summed E-state index contributed by atoms with van der Waals surface area (Å²) in [6, 6.07) is 2.04. The fourth-order valence-corrected chi connectivity index (χ4v) is 10.4. The lowest BCUT2D eigenvalue weighted by Gasteiger charge is -2.69. The van der Waals surface area contributed by atoms with Gasteiger partial charge in [0.05, 0.1) is 23.0 Å². The third-order valence-corrected chi connectivity index (χ3v) is 12.9. The van der Waals surface area contributed by atoms with Gasteiger partial charge in [0.15, 0.2) is 11.6 Å². The molecule has 0 heterocycles. The summed E-state index contributed by atoms with van der Waals surface area (Å²) in [7, 11) is 0. The smallest absolute Gasteiger partial charge is 0.395 e. The number of ketones is 2. The topological polar surface area (TPSA) is 107 Å². The Morgan fingerprint density at radius 1 is 1.07 bits per heavy atom. The number of allylic oxidation sites excluding steroid dienone is 4. The number of carbonyl (C=O) groups is 3. The van der Waals surface area contributed by atoms with Crippen molar-refractivity contribution < 1.29 is 32.7 Å². The van der Waals surface area contributed by atoms with Gasteiger partial charge in [0.2, 0.25) is 5.91 Å². The molecule has 0 saturated heterocycles. The number of aliphatic hydroxyl groups excluding tert-OH is 1. The van der Waals surface area contributed by atoms with E-state index in [0.29, 0.717) is 44.9 Å². The molecule has 3 fully saturated rings. The van der Waals surface area contributed by atoms with Crippen LogP contribution in [0.4, 0.5) is 13.2 Å². The zero-order chi connectivity index (χ0) is 31.3. The molecule has 0 aliphatic heterocycles. The van der Waals surface area contributed by atoms with E-state index in [9.17, 15) is 37.9 Å². The number of Topliss-reactive ketones (excluding diaryl/α,β-unsaturated/α-hetero) is 1. The summed E-state index contributed by atoms with van der Waals surface area (Å²) in [4.78, 5) is 41.4. The van der Waals surface area contributed by atoms with Crippen LogP contribution >= 0.6 is 0 Å². The first-order chi connectivity index (χ1) is 19.2. The van der Waals surface area contributed by atoms with Crippen LogP contribution in [0.25, 0.3) is 0 Å². The van der Waals surface area contributed by atoms with E-state index in [1.165, 1.54) is 0 Å². The standard InChI is InChI=1S/C33H43F3N2O4/c1-27(2)9-11-32(26(42)38-17-33(34,35)36)12-10-31(6)24(20(32)15-27)21(40)13-23-28(3)14-19(16-37)25(41)29(4,18-39)22(28)7-8-30(23,31)5/h13-14,20,22,24,39H,7-12,15,17-18H2,1-6H3,(H,38,42)/t20?,22-,24?,28+,29+,30-,31-,32+/m1/s1. The summed E-state index contributed by atoms with van der Waals surface area (Å²) in [5.74, 6) is -2.38. The number of hydrogen-bond donors (Lipinski definition) is 2. The second-order valence-electron chi connectivity index (χ2n) is 15.6. The molecule has 0 spiro atoms. The molecule has 0 aromatic carbocycles. The van der Waals surface area contributed by atoms with Crippen molar-refractivity contribution in [3.05, 3.63) is 23.3 Å². The highest BCUT2D eigenvalue weighted by atomic mass is 19.4. The summed E-state index contributed by atoms with van der Waals surface area (Å²) < 4.78 is 39.4. The summed E-state index contributed by atoms with van der Waals surface area (Å²) >= 11 is 0. The van der Waals surface area contributed by atoms with Crippen molar-refractivity contribution in [2.24, 2.45) is 50.2 Å². The molecule has 230 valence electrons. The lowest BCUT2D eigenvalue weighted by molar-refractivity contribution is -0.181. The van der Waals surface area contributed by atoms with Gasteiger partial charge in [-0.1, -0.05) is 46.3 Å². The molecule has 0 bridgehead atoms. The van der Waals surface area contributed by atoms with Gasteiger partial charge in [0.25, 0.3) is 0 Å². The van der Waals surface area contributed by atoms with Crippen LogP contribution in [-0.2, 0) is 14.4 Å². The third kappa shape index (κ3) is 4.03. The van der Waals surface area contributed by atoms with Crippen molar-refractivity contribution >= 4 is 17.5 Å². The van der Waals surface area contributed by atoms with Crippen molar-refractivity contribution in [1.29, 1.82) is 5.26 Å². The number of nitrogens with zero attached hydrogens (tertiary/aromatic N) is 1.